The van der Waals surface area contributed by atoms with Crippen molar-refractivity contribution < 1.29 is 10.2 Å². The summed E-state index contributed by atoms with van der Waals surface area (Å²) in [5.74, 6) is 0.644. The third-order valence-electron chi connectivity index (χ3n) is 3.17. The molecule has 0 radical (unpaired) electrons. The second-order valence-electron chi connectivity index (χ2n) is 5.26. The molecule has 2 N–H and O–H groups in total. The molecule has 0 atom stereocenters. The van der Waals surface area contributed by atoms with Crippen molar-refractivity contribution >= 4 is 0 Å². The molecular formula is C22H26O2. The topological polar surface area (TPSA) is 40.5 Å². The van der Waals surface area contributed by atoms with Crippen LogP contribution in [0.5, 0.6) is 11.5 Å². The van der Waals surface area contributed by atoms with Crippen LogP contribution in [-0.2, 0) is 6.42 Å². The Morgan fingerprint density at radius 1 is 0.583 bits per heavy atom. The lowest BCUT2D eigenvalue weighted by Crippen LogP contribution is -1.81. The first-order valence-electron chi connectivity index (χ1n) is 8.24. The van der Waals surface area contributed by atoms with Gasteiger partial charge in [-0.3, -0.25) is 0 Å². The second kappa shape index (κ2) is 12.8. The van der Waals surface area contributed by atoms with Crippen molar-refractivity contribution in [2.75, 3.05) is 0 Å². The third kappa shape index (κ3) is 10.1. The highest BCUT2D eigenvalue weighted by Gasteiger charge is 1.87. The number of phenols is 2. The van der Waals surface area contributed by atoms with E-state index in [9.17, 15) is 0 Å². The molecule has 2 nitrogen and oxygen atoms in total. The molecule has 2 heteroatoms. The van der Waals surface area contributed by atoms with Crippen molar-refractivity contribution in [2.24, 2.45) is 0 Å². The van der Waals surface area contributed by atoms with Crippen molar-refractivity contribution in [2.45, 2.75) is 26.2 Å². The zero-order chi connectivity index (χ0) is 17.5. The molecule has 0 heterocycles. The summed E-state index contributed by atoms with van der Waals surface area (Å²) in [7, 11) is 0. The number of rotatable bonds is 3. The van der Waals surface area contributed by atoms with Gasteiger partial charge in [0.2, 0.25) is 0 Å². The Balaban J connectivity index is 0.000000185. The first-order valence-corrected chi connectivity index (χ1v) is 8.24. The summed E-state index contributed by atoms with van der Waals surface area (Å²) >= 11 is 0. The van der Waals surface area contributed by atoms with E-state index in [0.29, 0.717) is 11.5 Å². The molecule has 0 saturated heterocycles. The van der Waals surface area contributed by atoms with E-state index in [-0.39, 0.29) is 0 Å². The summed E-state index contributed by atoms with van der Waals surface area (Å²) in [6.07, 6.45) is 3.83. The monoisotopic (exact) mass is 322 g/mol. The van der Waals surface area contributed by atoms with Crippen molar-refractivity contribution in [3.8, 4) is 11.5 Å². The zero-order valence-electron chi connectivity index (χ0n) is 14.2. The molecule has 0 bridgehead atoms. The second-order valence-corrected chi connectivity index (χ2v) is 5.26. The largest absolute Gasteiger partial charge is 0.508 e. The molecule has 3 rings (SSSR count). The lowest BCUT2D eigenvalue weighted by molar-refractivity contribution is 0.475. The predicted molar refractivity (Wildman–Crippen MR) is 101 cm³/mol. The Bertz CT molecular complexity index is 584. The fourth-order valence-electron chi connectivity index (χ4n) is 1.88. The van der Waals surface area contributed by atoms with E-state index >= 15 is 0 Å². The molecule has 0 unspecified atom stereocenters. The van der Waals surface area contributed by atoms with E-state index in [1.165, 1.54) is 24.8 Å². The Hall–Kier alpha value is -2.74. The molecule has 3 aromatic rings. The highest BCUT2D eigenvalue weighted by molar-refractivity contribution is 5.19. The minimum Gasteiger partial charge on any atom is -0.508 e. The van der Waals surface area contributed by atoms with Crippen LogP contribution in [0.4, 0.5) is 0 Å². The van der Waals surface area contributed by atoms with E-state index < -0.39 is 0 Å². The van der Waals surface area contributed by atoms with Gasteiger partial charge in [0.1, 0.15) is 11.5 Å². The van der Waals surface area contributed by atoms with Gasteiger partial charge in [-0.2, -0.15) is 0 Å². The Kier molecular flexibility index (Phi) is 10.3. The molecule has 0 aliphatic rings. The Morgan fingerprint density at radius 3 is 1.25 bits per heavy atom. The van der Waals surface area contributed by atoms with Crippen LogP contribution in [-0.4, -0.2) is 10.2 Å². The first-order chi connectivity index (χ1) is 11.7. The molecule has 126 valence electrons. The number of phenolic OH excluding ortho intramolecular Hbond substituents is 2. The molecule has 0 aliphatic carbocycles. The number of unbranched alkanes of at least 4 members (excludes halogenated alkanes) is 1. The van der Waals surface area contributed by atoms with Crippen LogP contribution < -0.4 is 0 Å². The molecule has 0 aliphatic heterocycles. The molecule has 0 aromatic heterocycles. The van der Waals surface area contributed by atoms with Gasteiger partial charge in [-0.1, -0.05) is 80.1 Å². The van der Waals surface area contributed by atoms with E-state index in [1.807, 2.05) is 12.1 Å². The van der Waals surface area contributed by atoms with Gasteiger partial charge >= 0.3 is 0 Å². The van der Waals surface area contributed by atoms with Gasteiger partial charge < -0.3 is 10.2 Å². The lowest BCUT2D eigenvalue weighted by atomic mass is 10.1. The molecule has 0 spiro atoms. The number of aromatic hydroxyl groups is 2. The Morgan fingerprint density at radius 2 is 0.958 bits per heavy atom. The number of para-hydroxylation sites is 2. The van der Waals surface area contributed by atoms with E-state index in [0.717, 1.165) is 0 Å². The maximum Gasteiger partial charge on any atom is 0.115 e. The number of hydrogen-bond donors (Lipinski definition) is 2. The number of benzene rings is 3. The molecule has 24 heavy (non-hydrogen) atoms. The SMILES string of the molecule is CCCCc1ccccc1.Oc1ccccc1.Oc1ccccc1. The van der Waals surface area contributed by atoms with E-state index in [4.69, 9.17) is 10.2 Å². The van der Waals surface area contributed by atoms with Gasteiger partial charge in [-0.15, -0.1) is 0 Å². The predicted octanol–water partition coefficient (Wildman–Crippen LogP) is 5.81. The van der Waals surface area contributed by atoms with Gasteiger partial charge in [0.25, 0.3) is 0 Å². The molecule has 0 fully saturated rings. The zero-order valence-corrected chi connectivity index (χ0v) is 14.2. The van der Waals surface area contributed by atoms with Gasteiger partial charge in [0.15, 0.2) is 0 Å². The standard InChI is InChI=1S/C10H14.2C6H6O/c1-2-3-7-10-8-5-4-6-9-10;2*7-6-4-2-1-3-5-6/h4-6,8-9H,2-3,7H2,1H3;2*1-5,7H. The summed E-state index contributed by atoms with van der Waals surface area (Å²) in [6, 6.07) is 28.1. The summed E-state index contributed by atoms with van der Waals surface area (Å²) < 4.78 is 0. The summed E-state index contributed by atoms with van der Waals surface area (Å²) in [4.78, 5) is 0. The maximum absolute atomic E-state index is 8.63. The highest BCUT2D eigenvalue weighted by Crippen LogP contribution is 2.04. The van der Waals surface area contributed by atoms with Crippen molar-refractivity contribution in [1.82, 2.24) is 0 Å². The van der Waals surface area contributed by atoms with Gasteiger partial charge in [0.05, 0.1) is 0 Å². The van der Waals surface area contributed by atoms with Crippen LogP contribution in [0.15, 0.2) is 91.0 Å². The molecular weight excluding hydrogens is 296 g/mol. The van der Waals surface area contributed by atoms with Crippen LogP contribution in [0, 0.1) is 0 Å². The molecule has 3 aromatic carbocycles. The van der Waals surface area contributed by atoms with Crippen LogP contribution in [0.2, 0.25) is 0 Å². The third-order valence-corrected chi connectivity index (χ3v) is 3.17. The van der Waals surface area contributed by atoms with Crippen LogP contribution >= 0.6 is 0 Å². The Labute approximate surface area is 145 Å². The first kappa shape index (κ1) is 19.3. The van der Waals surface area contributed by atoms with Gasteiger partial charge in [-0.25, -0.2) is 0 Å². The van der Waals surface area contributed by atoms with E-state index in [1.54, 1.807) is 48.5 Å². The summed E-state index contributed by atoms with van der Waals surface area (Å²) in [5, 5.41) is 17.3. The lowest BCUT2D eigenvalue weighted by Gasteiger charge is -1.96. The molecule has 0 saturated carbocycles. The average Bonchev–Trinajstić information content (AvgIpc) is 2.63. The fraction of sp³-hybridized carbons (Fsp3) is 0.182. The van der Waals surface area contributed by atoms with Crippen LogP contribution in [0.25, 0.3) is 0 Å². The number of hydrogen-bond acceptors (Lipinski definition) is 2. The van der Waals surface area contributed by atoms with Crippen molar-refractivity contribution in [3.63, 3.8) is 0 Å². The minimum absolute atomic E-state index is 0.322. The number of aryl methyl sites for hydroxylation is 1. The summed E-state index contributed by atoms with van der Waals surface area (Å²) in [6.45, 7) is 2.23. The van der Waals surface area contributed by atoms with Crippen LogP contribution in [0.1, 0.15) is 25.3 Å². The smallest absolute Gasteiger partial charge is 0.115 e. The highest BCUT2D eigenvalue weighted by atomic mass is 16.3. The minimum atomic E-state index is 0.322. The quantitative estimate of drug-likeness (QED) is 0.638. The van der Waals surface area contributed by atoms with Gasteiger partial charge in [-0.05, 0) is 42.7 Å². The van der Waals surface area contributed by atoms with E-state index in [2.05, 4.69) is 37.3 Å². The van der Waals surface area contributed by atoms with Crippen molar-refractivity contribution in [1.29, 1.82) is 0 Å². The fourth-order valence-corrected chi connectivity index (χ4v) is 1.88. The normalized spacial score (nSPS) is 9.04. The van der Waals surface area contributed by atoms with Gasteiger partial charge in [0, 0.05) is 0 Å². The van der Waals surface area contributed by atoms with Crippen LogP contribution in [0.3, 0.4) is 0 Å². The maximum atomic E-state index is 8.63. The molecule has 0 amide bonds. The summed E-state index contributed by atoms with van der Waals surface area (Å²) in [5.41, 5.74) is 1.46. The van der Waals surface area contributed by atoms with Crippen molar-refractivity contribution in [3.05, 3.63) is 96.6 Å². The average molecular weight is 322 g/mol.